The van der Waals surface area contributed by atoms with Crippen LogP contribution in [0.25, 0.3) is 0 Å². The molecule has 0 saturated carbocycles. The Bertz CT molecular complexity index is 851. The van der Waals surface area contributed by atoms with Gasteiger partial charge in [0, 0.05) is 29.7 Å². The summed E-state index contributed by atoms with van der Waals surface area (Å²) in [6.07, 6.45) is 1.48. The molecule has 0 amide bonds. The number of benzene rings is 2. The van der Waals surface area contributed by atoms with Gasteiger partial charge in [-0.15, -0.1) is 0 Å². The van der Waals surface area contributed by atoms with Crippen LogP contribution in [0.5, 0.6) is 11.5 Å². The third-order valence-corrected chi connectivity index (χ3v) is 6.94. The van der Waals surface area contributed by atoms with E-state index < -0.39 is 0 Å². The van der Waals surface area contributed by atoms with Crippen LogP contribution in [0.3, 0.4) is 0 Å². The third kappa shape index (κ3) is 6.40. The van der Waals surface area contributed by atoms with Gasteiger partial charge in [0.1, 0.15) is 11.5 Å². The molecule has 0 heterocycles. The van der Waals surface area contributed by atoms with Crippen LogP contribution in [0.15, 0.2) is 34.3 Å². The normalized spacial score (nSPS) is 12.5. The van der Waals surface area contributed by atoms with Crippen LogP contribution in [0.4, 0.5) is 0 Å². The number of halogens is 4. The van der Waals surface area contributed by atoms with Crippen LogP contribution in [-0.2, 0) is 0 Å². The quantitative estimate of drug-likeness (QED) is 0.188. The number of hydrogen-bond donors (Lipinski definition) is 2. The second kappa shape index (κ2) is 11.6. The molecule has 2 aromatic rings. The predicted molar refractivity (Wildman–Crippen MR) is 150 cm³/mol. The van der Waals surface area contributed by atoms with Gasteiger partial charge in [-0.05, 0) is 127 Å². The topological polar surface area (TPSA) is 65.2 Å². The molecule has 0 radical (unpaired) electrons. The molecule has 28 heavy (non-hydrogen) atoms. The van der Waals surface area contributed by atoms with E-state index in [1.54, 1.807) is 0 Å². The second-order valence-corrected chi connectivity index (χ2v) is 10.7. The van der Waals surface area contributed by atoms with Crippen molar-refractivity contribution in [3.8, 4) is 11.5 Å². The third-order valence-electron chi connectivity index (χ3n) is 4.05. The predicted octanol–water partition coefficient (Wildman–Crippen LogP) is 6.61. The SMILES string of the molecule is CCC(=NCCN=C(CC)c1cc(I)cc(I)c1O)c1cc(I)cc(I)c1O. The minimum Gasteiger partial charge on any atom is -0.506 e. The summed E-state index contributed by atoms with van der Waals surface area (Å²) in [5, 5.41) is 20.8. The van der Waals surface area contributed by atoms with E-state index in [1.165, 1.54) is 0 Å². The van der Waals surface area contributed by atoms with Gasteiger partial charge in [-0.3, -0.25) is 9.98 Å². The lowest BCUT2D eigenvalue weighted by molar-refractivity contribution is 0.469. The molecule has 0 aliphatic carbocycles. The molecule has 0 unspecified atom stereocenters. The maximum absolute atomic E-state index is 10.4. The van der Waals surface area contributed by atoms with E-state index in [0.717, 1.165) is 49.7 Å². The van der Waals surface area contributed by atoms with Crippen LogP contribution in [0.1, 0.15) is 37.8 Å². The van der Waals surface area contributed by atoms with E-state index in [-0.39, 0.29) is 11.5 Å². The van der Waals surface area contributed by atoms with Gasteiger partial charge in [-0.2, -0.15) is 0 Å². The lowest BCUT2D eigenvalue weighted by atomic mass is 10.1. The Labute approximate surface area is 220 Å². The van der Waals surface area contributed by atoms with Crippen LogP contribution in [0, 0.1) is 14.3 Å². The first-order valence-corrected chi connectivity index (χ1v) is 13.0. The molecule has 0 bridgehead atoms. The number of rotatable bonds is 7. The van der Waals surface area contributed by atoms with E-state index in [0.29, 0.717) is 13.1 Å². The number of aliphatic imine (C=N–C) groups is 2. The summed E-state index contributed by atoms with van der Waals surface area (Å²) in [5.41, 5.74) is 3.36. The van der Waals surface area contributed by atoms with Gasteiger partial charge in [-0.1, -0.05) is 13.8 Å². The molecule has 0 aliphatic rings. The first-order chi connectivity index (χ1) is 13.3. The molecular weight excluding hydrogens is 808 g/mol. The van der Waals surface area contributed by atoms with E-state index in [1.807, 2.05) is 38.1 Å². The molecule has 2 N–H and O–H groups in total. The highest BCUT2D eigenvalue weighted by molar-refractivity contribution is 14.1. The Balaban J connectivity index is 2.22. The van der Waals surface area contributed by atoms with Crippen molar-refractivity contribution >= 4 is 102 Å². The van der Waals surface area contributed by atoms with Gasteiger partial charge in [0.15, 0.2) is 0 Å². The smallest absolute Gasteiger partial charge is 0.138 e. The summed E-state index contributed by atoms with van der Waals surface area (Å²) in [4.78, 5) is 9.38. The molecule has 0 fully saturated rings. The van der Waals surface area contributed by atoms with Gasteiger partial charge in [0.25, 0.3) is 0 Å². The Kier molecular flexibility index (Phi) is 10.2. The van der Waals surface area contributed by atoms with Crippen LogP contribution in [-0.4, -0.2) is 34.7 Å². The van der Waals surface area contributed by atoms with Crippen molar-refractivity contribution in [2.75, 3.05) is 13.1 Å². The number of phenolic OH excluding ortho intramolecular Hbond substituents is 2. The highest BCUT2D eigenvalue weighted by Gasteiger charge is 2.13. The first-order valence-electron chi connectivity index (χ1n) is 8.71. The zero-order valence-electron chi connectivity index (χ0n) is 15.4. The van der Waals surface area contributed by atoms with E-state index in [2.05, 4.69) is 90.4 Å². The van der Waals surface area contributed by atoms with Crippen molar-refractivity contribution in [3.05, 3.63) is 49.7 Å². The molecule has 8 heteroatoms. The van der Waals surface area contributed by atoms with Gasteiger partial charge in [0.05, 0.1) is 20.2 Å². The molecule has 0 aliphatic heterocycles. The van der Waals surface area contributed by atoms with Crippen LogP contribution >= 0.6 is 90.4 Å². The average Bonchev–Trinajstić information content (AvgIpc) is 2.65. The summed E-state index contributed by atoms with van der Waals surface area (Å²) in [6.45, 7) is 5.15. The fraction of sp³-hybridized carbons (Fsp3) is 0.300. The highest BCUT2D eigenvalue weighted by atomic mass is 127. The van der Waals surface area contributed by atoms with Crippen LogP contribution in [0.2, 0.25) is 0 Å². The number of hydrogen-bond acceptors (Lipinski definition) is 4. The first kappa shape index (κ1) is 24.6. The Morgan fingerprint density at radius 3 is 1.39 bits per heavy atom. The molecule has 4 nitrogen and oxygen atoms in total. The van der Waals surface area contributed by atoms with Gasteiger partial charge < -0.3 is 10.2 Å². The minimum atomic E-state index is 0.290. The van der Waals surface area contributed by atoms with Crippen molar-refractivity contribution in [1.82, 2.24) is 0 Å². The van der Waals surface area contributed by atoms with Gasteiger partial charge in [-0.25, -0.2) is 0 Å². The second-order valence-electron chi connectivity index (χ2n) is 5.93. The number of aromatic hydroxyl groups is 2. The molecule has 150 valence electrons. The fourth-order valence-electron chi connectivity index (χ4n) is 2.72. The van der Waals surface area contributed by atoms with Crippen molar-refractivity contribution in [2.45, 2.75) is 26.7 Å². The van der Waals surface area contributed by atoms with E-state index in [4.69, 9.17) is 9.98 Å². The maximum Gasteiger partial charge on any atom is 0.138 e. The average molecular weight is 828 g/mol. The molecule has 0 aromatic heterocycles. The molecule has 0 spiro atoms. The molecule has 2 aromatic carbocycles. The fourth-order valence-corrected chi connectivity index (χ4v) is 6.41. The van der Waals surface area contributed by atoms with Crippen molar-refractivity contribution < 1.29 is 10.2 Å². The summed E-state index contributed by atoms with van der Waals surface area (Å²) >= 11 is 8.79. The summed E-state index contributed by atoms with van der Waals surface area (Å²) in [6, 6.07) is 7.82. The van der Waals surface area contributed by atoms with Crippen molar-refractivity contribution in [2.24, 2.45) is 9.98 Å². The summed E-state index contributed by atoms with van der Waals surface area (Å²) in [5.74, 6) is 0.579. The molecule has 2 rings (SSSR count). The summed E-state index contributed by atoms with van der Waals surface area (Å²) < 4.78 is 3.81. The van der Waals surface area contributed by atoms with E-state index in [9.17, 15) is 10.2 Å². The largest absolute Gasteiger partial charge is 0.506 e. The number of phenols is 2. The van der Waals surface area contributed by atoms with Crippen molar-refractivity contribution in [3.63, 3.8) is 0 Å². The van der Waals surface area contributed by atoms with E-state index >= 15 is 0 Å². The minimum absolute atomic E-state index is 0.290. The van der Waals surface area contributed by atoms with Gasteiger partial charge >= 0.3 is 0 Å². The lowest BCUT2D eigenvalue weighted by Gasteiger charge is -2.11. The molecule has 0 atom stereocenters. The van der Waals surface area contributed by atoms with Crippen LogP contribution < -0.4 is 0 Å². The highest BCUT2D eigenvalue weighted by Crippen LogP contribution is 2.29. The van der Waals surface area contributed by atoms with Gasteiger partial charge in [0.2, 0.25) is 0 Å². The lowest BCUT2D eigenvalue weighted by Crippen LogP contribution is -2.06. The zero-order chi connectivity index (χ0) is 20.8. The van der Waals surface area contributed by atoms with Crippen molar-refractivity contribution in [1.29, 1.82) is 0 Å². The summed E-state index contributed by atoms with van der Waals surface area (Å²) in [7, 11) is 0. The standard InChI is InChI=1S/C20H20I4N2O2/c1-3-17(13-7-11(21)9-15(23)19(13)27)25-5-6-26-18(4-2)14-8-12(22)10-16(24)20(14)28/h7-10,27-28H,3-6H2,1-2H3. The Morgan fingerprint density at radius 2 is 1.07 bits per heavy atom. The maximum atomic E-state index is 10.4. The molecule has 0 saturated heterocycles. The number of nitrogens with zero attached hydrogens (tertiary/aromatic N) is 2. The monoisotopic (exact) mass is 828 g/mol. The Morgan fingerprint density at radius 1 is 0.714 bits per heavy atom. The molecular formula is C20H20I4N2O2. The zero-order valence-corrected chi connectivity index (χ0v) is 24.1. The Hall–Kier alpha value is 0.300.